The molecule has 0 aromatic heterocycles. The summed E-state index contributed by atoms with van der Waals surface area (Å²) in [5.74, 6) is -0.399. The van der Waals surface area contributed by atoms with Crippen LogP contribution in [0.5, 0.6) is 0 Å². The third kappa shape index (κ3) is 19.2. The van der Waals surface area contributed by atoms with Gasteiger partial charge >= 0.3 is 5.97 Å². The zero-order valence-electron chi connectivity index (χ0n) is 14.5. The molecule has 0 heterocycles. The number of rotatable bonds is 19. The van der Waals surface area contributed by atoms with Gasteiger partial charge in [-0.05, 0) is 0 Å². The van der Waals surface area contributed by atoms with Crippen molar-refractivity contribution in [1.29, 1.82) is 0 Å². The molecule has 9 nitrogen and oxygen atoms in total. The van der Waals surface area contributed by atoms with Crippen molar-refractivity contribution in [3.05, 3.63) is 0 Å². The normalized spacial score (nSPS) is 10.9. The first-order valence-corrected chi connectivity index (χ1v) is 8.04. The zero-order valence-corrected chi connectivity index (χ0v) is 14.5. The van der Waals surface area contributed by atoms with Gasteiger partial charge in [-0.3, -0.25) is 0 Å². The van der Waals surface area contributed by atoms with Gasteiger partial charge in [-0.25, -0.2) is 4.79 Å². The van der Waals surface area contributed by atoms with E-state index in [9.17, 15) is 4.79 Å². The van der Waals surface area contributed by atoms with Crippen LogP contribution in [-0.4, -0.2) is 98.9 Å². The molecule has 0 atom stereocenters. The average molecular weight is 353 g/mol. The maximum atomic E-state index is 10.7. The van der Waals surface area contributed by atoms with Crippen molar-refractivity contribution < 1.29 is 38.0 Å². The maximum Gasteiger partial charge on any atom is 0.331 e. The Morgan fingerprint density at radius 1 is 0.625 bits per heavy atom. The van der Waals surface area contributed by atoms with E-state index in [1.807, 2.05) is 0 Å². The highest BCUT2D eigenvalue weighted by atomic mass is 16.6. The molecule has 2 N–H and O–H groups in total. The van der Waals surface area contributed by atoms with Crippen molar-refractivity contribution in [2.75, 3.05) is 92.9 Å². The van der Waals surface area contributed by atoms with E-state index in [-0.39, 0.29) is 6.61 Å². The standard InChI is InChI=1S/C15H31NO8/c1-18-15(17)14-24-13-12-23-11-10-22-9-8-21-7-6-20-5-4-19-3-2-16/h2-14,16H2,1H3. The van der Waals surface area contributed by atoms with Crippen molar-refractivity contribution >= 4 is 5.97 Å². The molecule has 0 radical (unpaired) electrons. The van der Waals surface area contributed by atoms with E-state index in [0.717, 1.165) is 0 Å². The summed E-state index contributed by atoms with van der Waals surface area (Å²) < 4.78 is 35.8. The van der Waals surface area contributed by atoms with Crippen LogP contribution in [0.1, 0.15) is 0 Å². The highest BCUT2D eigenvalue weighted by Gasteiger charge is 1.98. The summed E-state index contributed by atoms with van der Waals surface area (Å²) in [5, 5.41) is 0. The van der Waals surface area contributed by atoms with Crippen LogP contribution in [0.4, 0.5) is 0 Å². The minimum atomic E-state index is -0.399. The van der Waals surface area contributed by atoms with Gasteiger partial charge in [0.15, 0.2) is 0 Å². The second-order valence-electron chi connectivity index (χ2n) is 4.48. The fraction of sp³-hybridized carbons (Fsp3) is 0.933. The van der Waals surface area contributed by atoms with Crippen LogP contribution < -0.4 is 5.73 Å². The summed E-state index contributed by atoms with van der Waals surface area (Å²) in [6.07, 6.45) is 0. The molecule has 24 heavy (non-hydrogen) atoms. The highest BCUT2D eigenvalue weighted by Crippen LogP contribution is 1.85. The monoisotopic (exact) mass is 353 g/mol. The van der Waals surface area contributed by atoms with Crippen LogP contribution >= 0.6 is 0 Å². The predicted molar refractivity (Wildman–Crippen MR) is 86.0 cm³/mol. The predicted octanol–water partition coefficient (Wildman–Crippen LogP) is -0.782. The molecule has 0 amide bonds. The first-order valence-electron chi connectivity index (χ1n) is 8.04. The zero-order chi connectivity index (χ0) is 17.7. The Hall–Kier alpha value is -0.810. The third-order valence-electron chi connectivity index (χ3n) is 2.57. The molecule has 0 aromatic carbocycles. The molecule has 0 aromatic rings. The van der Waals surface area contributed by atoms with Gasteiger partial charge in [0.1, 0.15) is 6.61 Å². The van der Waals surface area contributed by atoms with E-state index in [1.54, 1.807) is 0 Å². The molecule has 0 unspecified atom stereocenters. The van der Waals surface area contributed by atoms with E-state index in [1.165, 1.54) is 7.11 Å². The molecule has 0 bridgehead atoms. The molecule has 144 valence electrons. The van der Waals surface area contributed by atoms with Gasteiger partial charge in [0.2, 0.25) is 0 Å². The van der Waals surface area contributed by atoms with E-state index < -0.39 is 5.97 Å². The smallest absolute Gasteiger partial charge is 0.331 e. The lowest BCUT2D eigenvalue weighted by molar-refractivity contribution is -0.146. The Morgan fingerprint density at radius 3 is 1.29 bits per heavy atom. The topological polar surface area (TPSA) is 108 Å². The van der Waals surface area contributed by atoms with Crippen molar-refractivity contribution in [3.63, 3.8) is 0 Å². The van der Waals surface area contributed by atoms with E-state index in [4.69, 9.17) is 34.2 Å². The molecule has 0 aliphatic heterocycles. The van der Waals surface area contributed by atoms with Crippen molar-refractivity contribution in [2.45, 2.75) is 0 Å². The molecule has 0 spiro atoms. The molecule has 9 heteroatoms. The molecule has 0 saturated carbocycles. The number of methoxy groups -OCH3 is 1. The third-order valence-corrected chi connectivity index (χ3v) is 2.57. The molecular weight excluding hydrogens is 322 g/mol. The van der Waals surface area contributed by atoms with Gasteiger partial charge in [0, 0.05) is 6.54 Å². The number of hydrogen-bond donors (Lipinski definition) is 1. The van der Waals surface area contributed by atoms with Crippen molar-refractivity contribution in [3.8, 4) is 0 Å². The lowest BCUT2D eigenvalue weighted by Crippen LogP contribution is -2.16. The molecule has 0 rings (SSSR count). The Labute approximate surface area is 143 Å². The van der Waals surface area contributed by atoms with Gasteiger partial charge in [-0.2, -0.15) is 0 Å². The van der Waals surface area contributed by atoms with E-state index in [2.05, 4.69) is 4.74 Å². The molecule has 0 fully saturated rings. The summed E-state index contributed by atoms with van der Waals surface area (Å²) in [4.78, 5) is 10.7. The van der Waals surface area contributed by atoms with Crippen molar-refractivity contribution in [1.82, 2.24) is 0 Å². The molecular formula is C15H31NO8. The summed E-state index contributed by atoms with van der Waals surface area (Å²) in [6, 6.07) is 0. The largest absolute Gasteiger partial charge is 0.467 e. The summed E-state index contributed by atoms with van der Waals surface area (Å²) in [5.41, 5.74) is 5.28. The minimum absolute atomic E-state index is 0.0574. The first-order chi connectivity index (χ1) is 11.8. The number of ether oxygens (including phenoxy) is 7. The summed E-state index contributed by atoms with van der Waals surface area (Å²) in [6.45, 7) is 5.87. The molecule has 0 aliphatic rings. The Morgan fingerprint density at radius 2 is 0.958 bits per heavy atom. The average Bonchev–Trinajstić information content (AvgIpc) is 2.60. The molecule has 0 saturated heterocycles. The van der Waals surface area contributed by atoms with Gasteiger partial charge in [0.05, 0.1) is 79.8 Å². The number of hydrogen-bond acceptors (Lipinski definition) is 9. The summed E-state index contributed by atoms with van der Waals surface area (Å²) in [7, 11) is 1.32. The Kier molecular flexibility index (Phi) is 19.6. The van der Waals surface area contributed by atoms with Crippen LogP contribution in [0, 0.1) is 0 Å². The van der Waals surface area contributed by atoms with Gasteiger partial charge in [0.25, 0.3) is 0 Å². The van der Waals surface area contributed by atoms with Crippen LogP contribution in [0.3, 0.4) is 0 Å². The van der Waals surface area contributed by atoms with E-state index in [0.29, 0.717) is 79.2 Å². The van der Waals surface area contributed by atoms with E-state index >= 15 is 0 Å². The second kappa shape index (κ2) is 20.2. The molecule has 0 aliphatic carbocycles. The number of esters is 1. The van der Waals surface area contributed by atoms with Crippen LogP contribution in [-0.2, 0) is 38.0 Å². The SMILES string of the molecule is COC(=O)COCCOCCOCCOCCOCCOCCN. The van der Waals surface area contributed by atoms with Gasteiger partial charge < -0.3 is 38.9 Å². The maximum absolute atomic E-state index is 10.7. The number of carbonyl (C=O) groups excluding carboxylic acids is 1. The van der Waals surface area contributed by atoms with Gasteiger partial charge in [-0.1, -0.05) is 0 Å². The Bertz CT molecular complexity index is 268. The van der Waals surface area contributed by atoms with Crippen LogP contribution in [0.2, 0.25) is 0 Å². The summed E-state index contributed by atoms with van der Waals surface area (Å²) >= 11 is 0. The quantitative estimate of drug-likeness (QED) is 0.236. The van der Waals surface area contributed by atoms with Crippen LogP contribution in [0.25, 0.3) is 0 Å². The fourth-order valence-corrected chi connectivity index (χ4v) is 1.40. The first kappa shape index (κ1) is 23.2. The Balaban J connectivity index is 2.99. The number of nitrogens with two attached hydrogens (primary N) is 1. The lowest BCUT2D eigenvalue weighted by atomic mass is 10.6. The number of carbonyl (C=O) groups is 1. The fourth-order valence-electron chi connectivity index (χ4n) is 1.40. The van der Waals surface area contributed by atoms with Crippen LogP contribution in [0.15, 0.2) is 0 Å². The van der Waals surface area contributed by atoms with Crippen molar-refractivity contribution in [2.24, 2.45) is 5.73 Å². The second-order valence-corrected chi connectivity index (χ2v) is 4.48. The highest BCUT2D eigenvalue weighted by molar-refractivity contribution is 5.70. The minimum Gasteiger partial charge on any atom is -0.467 e. The lowest BCUT2D eigenvalue weighted by Gasteiger charge is -2.08. The van der Waals surface area contributed by atoms with Gasteiger partial charge in [-0.15, -0.1) is 0 Å².